The SMILES string of the molecule is Cc1ccccc1OCC(=O)NNC(=O)c1cccc(F)c1. The largest absolute Gasteiger partial charge is 0.483 e. The van der Waals surface area contributed by atoms with Crippen molar-refractivity contribution >= 4 is 11.8 Å². The Labute approximate surface area is 127 Å². The topological polar surface area (TPSA) is 67.4 Å². The molecule has 0 heterocycles. The third-order valence-corrected chi connectivity index (χ3v) is 2.85. The van der Waals surface area contributed by atoms with E-state index in [1.807, 2.05) is 19.1 Å². The highest BCUT2D eigenvalue weighted by atomic mass is 19.1. The third kappa shape index (κ3) is 4.31. The molecule has 2 rings (SSSR count). The molecule has 2 amide bonds. The maximum atomic E-state index is 13.0. The van der Waals surface area contributed by atoms with E-state index in [0.717, 1.165) is 11.6 Å². The maximum absolute atomic E-state index is 13.0. The lowest BCUT2D eigenvalue weighted by molar-refractivity contribution is -0.123. The molecule has 0 saturated heterocycles. The van der Waals surface area contributed by atoms with E-state index in [2.05, 4.69) is 10.9 Å². The van der Waals surface area contributed by atoms with Crippen molar-refractivity contribution in [1.82, 2.24) is 10.9 Å². The van der Waals surface area contributed by atoms with Crippen LogP contribution in [-0.2, 0) is 4.79 Å². The normalized spacial score (nSPS) is 9.91. The van der Waals surface area contributed by atoms with Crippen molar-refractivity contribution in [3.05, 3.63) is 65.5 Å². The number of carbonyl (C=O) groups excluding carboxylic acids is 2. The van der Waals surface area contributed by atoms with Gasteiger partial charge in [-0.2, -0.15) is 0 Å². The second kappa shape index (κ2) is 7.21. The van der Waals surface area contributed by atoms with Gasteiger partial charge in [0.25, 0.3) is 11.8 Å². The standard InChI is InChI=1S/C16H15FN2O3/c1-11-5-2-3-8-14(11)22-10-15(20)18-19-16(21)12-6-4-7-13(17)9-12/h2-9H,10H2,1H3,(H,18,20)(H,19,21). The van der Waals surface area contributed by atoms with Crippen molar-refractivity contribution < 1.29 is 18.7 Å². The summed E-state index contributed by atoms with van der Waals surface area (Å²) in [5.41, 5.74) is 5.41. The molecule has 5 nitrogen and oxygen atoms in total. The van der Waals surface area contributed by atoms with Crippen molar-refractivity contribution in [2.75, 3.05) is 6.61 Å². The van der Waals surface area contributed by atoms with Crippen LogP contribution in [-0.4, -0.2) is 18.4 Å². The fourth-order valence-electron chi connectivity index (χ4n) is 1.73. The first kappa shape index (κ1) is 15.5. The minimum atomic E-state index is -0.608. The highest BCUT2D eigenvalue weighted by molar-refractivity contribution is 5.95. The predicted molar refractivity (Wildman–Crippen MR) is 78.7 cm³/mol. The van der Waals surface area contributed by atoms with E-state index in [1.54, 1.807) is 12.1 Å². The fraction of sp³-hybridized carbons (Fsp3) is 0.125. The monoisotopic (exact) mass is 302 g/mol. The number of benzene rings is 2. The predicted octanol–water partition coefficient (Wildman–Crippen LogP) is 1.97. The summed E-state index contributed by atoms with van der Waals surface area (Å²) < 4.78 is 18.3. The second-order valence-electron chi connectivity index (χ2n) is 4.57. The highest BCUT2D eigenvalue weighted by Crippen LogP contribution is 2.15. The van der Waals surface area contributed by atoms with Crippen molar-refractivity contribution in [2.45, 2.75) is 6.92 Å². The van der Waals surface area contributed by atoms with E-state index in [9.17, 15) is 14.0 Å². The van der Waals surface area contributed by atoms with Gasteiger partial charge in [0.15, 0.2) is 6.61 Å². The molecule has 2 aromatic carbocycles. The van der Waals surface area contributed by atoms with Crippen LogP contribution in [0.3, 0.4) is 0 Å². The highest BCUT2D eigenvalue weighted by Gasteiger charge is 2.09. The van der Waals surface area contributed by atoms with Crippen LogP contribution in [0.15, 0.2) is 48.5 Å². The number of carbonyl (C=O) groups is 2. The zero-order chi connectivity index (χ0) is 15.9. The number of nitrogens with one attached hydrogen (secondary N) is 2. The number of halogens is 1. The summed E-state index contributed by atoms with van der Waals surface area (Å²) in [4.78, 5) is 23.3. The minimum absolute atomic E-state index is 0.111. The second-order valence-corrected chi connectivity index (χ2v) is 4.57. The average molecular weight is 302 g/mol. The van der Waals surface area contributed by atoms with Gasteiger partial charge in [-0.15, -0.1) is 0 Å². The van der Waals surface area contributed by atoms with Gasteiger partial charge in [-0.3, -0.25) is 20.4 Å². The zero-order valence-corrected chi connectivity index (χ0v) is 11.9. The van der Waals surface area contributed by atoms with Gasteiger partial charge in [0.05, 0.1) is 0 Å². The van der Waals surface area contributed by atoms with E-state index < -0.39 is 17.6 Å². The van der Waals surface area contributed by atoms with Crippen molar-refractivity contribution in [1.29, 1.82) is 0 Å². The molecular formula is C16H15FN2O3. The number of aryl methyl sites for hydroxylation is 1. The van der Waals surface area contributed by atoms with Gasteiger partial charge < -0.3 is 4.74 Å². The summed E-state index contributed by atoms with van der Waals surface area (Å²) in [6.45, 7) is 1.62. The lowest BCUT2D eigenvalue weighted by atomic mass is 10.2. The number of hydrogen-bond donors (Lipinski definition) is 2. The first-order chi connectivity index (χ1) is 10.6. The van der Waals surface area contributed by atoms with Crippen LogP contribution >= 0.6 is 0 Å². The molecule has 0 fully saturated rings. The van der Waals surface area contributed by atoms with Gasteiger partial charge in [-0.25, -0.2) is 4.39 Å². The van der Waals surface area contributed by atoms with Crippen LogP contribution in [0, 0.1) is 12.7 Å². The lowest BCUT2D eigenvalue weighted by Crippen LogP contribution is -2.43. The van der Waals surface area contributed by atoms with Gasteiger partial charge in [-0.1, -0.05) is 24.3 Å². The molecule has 0 aliphatic heterocycles. The zero-order valence-electron chi connectivity index (χ0n) is 11.9. The Balaban J connectivity index is 1.81. The Kier molecular flexibility index (Phi) is 5.08. The quantitative estimate of drug-likeness (QED) is 0.849. The first-order valence-electron chi connectivity index (χ1n) is 6.59. The molecule has 0 atom stereocenters. The molecule has 0 saturated carbocycles. The number of amides is 2. The van der Waals surface area contributed by atoms with Crippen LogP contribution in [0.2, 0.25) is 0 Å². The Hall–Kier alpha value is -2.89. The summed E-state index contributed by atoms with van der Waals surface area (Å²) in [5, 5.41) is 0. The number of hydrogen-bond acceptors (Lipinski definition) is 3. The summed E-state index contributed by atoms with van der Waals surface area (Å²) in [5.74, 6) is -1.06. The van der Waals surface area contributed by atoms with Crippen LogP contribution < -0.4 is 15.6 Å². The van der Waals surface area contributed by atoms with Gasteiger partial charge in [-0.05, 0) is 36.8 Å². The van der Waals surface area contributed by atoms with E-state index in [4.69, 9.17) is 4.74 Å². The average Bonchev–Trinajstić information content (AvgIpc) is 2.52. The summed E-state index contributed by atoms with van der Waals surface area (Å²) in [6, 6.07) is 12.4. The molecule has 0 aliphatic carbocycles. The molecule has 0 aromatic heterocycles. The summed E-state index contributed by atoms with van der Waals surface area (Å²) in [7, 11) is 0. The van der Waals surface area contributed by atoms with E-state index >= 15 is 0 Å². The fourth-order valence-corrected chi connectivity index (χ4v) is 1.73. The van der Waals surface area contributed by atoms with Crippen molar-refractivity contribution in [2.24, 2.45) is 0 Å². The molecule has 2 aromatic rings. The van der Waals surface area contributed by atoms with E-state index in [1.165, 1.54) is 18.2 Å². The maximum Gasteiger partial charge on any atom is 0.276 e. The smallest absolute Gasteiger partial charge is 0.276 e. The molecule has 0 unspecified atom stereocenters. The van der Waals surface area contributed by atoms with Crippen molar-refractivity contribution in [3.8, 4) is 5.75 Å². The molecule has 114 valence electrons. The van der Waals surface area contributed by atoms with Crippen LogP contribution in [0.5, 0.6) is 5.75 Å². The Morgan fingerprint density at radius 1 is 1.09 bits per heavy atom. The minimum Gasteiger partial charge on any atom is -0.483 e. The molecule has 0 spiro atoms. The number of hydrazine groups is 1. The molecule has 0 radical (unpaired) electrons. The number of ether oxygens (including phenoxy) is 1. The van der Waals surface area contributed by atoms with Crippen LogP contribution in [0.4, 0.5) is 4.39 Å². The molecule has 0 aliphatic rings. The molecule has 6 heteroatoms. The van der Waals surface area contributed by atoms with Crippen molar-refractivity contribution in [3.63, 3.8) is 0 Å². The molecular weight excluding hydrogens is 287 g/mol. The van der Waals surface area contributed by atoms with Gasteiger partial charge in [0.1, 0.15) is 11.6 Å². The summed E-state index contributed by atoms with van der Waals surface area (Å²) >= 11 is 0. The summed E-state index contributed by atoms with van der Waals surface area (Å²) in [6.07, 6.45) is 0. The van der Waals surface area contributed by atoms with E-state index in [0.29, 0.717) is 5.75 Å². The third-order valence-electron chi connectivity index (χ3n) is 2.85. The molecule has 22 heavy (non-hydrogen) atoms. The first-order valence-corrected chi connectivity index (χ1v) is 6.59. The van der Waals surface area contributed by atoms with Gasteiger partial charge >= 0.3 is 0 Å². The van der Waals surface area contributed by atoms with Crippen LogP contribution in [0.1, 0.15) is 15.9 Å². The van der Waals surface area contributed by atoms with Gasteiger partial charge in [0.2, 0.25) is 0 Å². The van der Waals surface area contributed by atoms with Crippen LogP contribution in [0.25, 0.3) is 0 Å². The Bertz CT molecular complexity index is 689. The van der Waals surface area contributed by atoms with E-state index in [-0.39, 0.29) is 12.2 Å². The number of para-hydroxylation sites is 1. The lowest BCUT2D eigenvalue weighted by Gasteiger charge is -2.10. The Morgan fingerprint density at radius 2 is 1.86 bits per heavy atom. The Morgan fingerprint density at radius 3 is 2.59 bits per heavy atom. The number of rotatable bonds is 4. The van der Waals surface area contributed by atoms with Gasteiger partial charge in [0, 0.05) is 5.56 Å². The molecule has 0 bridgehead atoms. The molecule has 2 N–H and O–H groups in total.